The maximum atomic E-state index is 14.5. The van der Waals surface area contributed by atoms with E-state index in [1.54, 1.807) is 48.8 Å². The van der Waals surface area contributed by atoms with Crippen LogP contribution in [0.15, 0.2) is 61.1 Å². The molecule has 2 aromatic heterocycles. The first-order valence-corrected chi connectivity index (χ1v) is 8.28. The number of halogens is 2. The van der Waals surface area contributed by atoms with E-state index < -0.39 is 24.2 Å². The summed E-state index contributed by atoms with van der Waals surface area (Å²) in [5.74, 6) is -0.660. The normalized spacial score (nSPS) is 19.1. The number of pyridine rings is 2. The summed E-state index contributed by atoms with van der Waals surface area (Å²) in [5, 5.41) is 3.23. The van der Waals surface area contributed by atoms with Gasteiger partial charge in [-0.25, -0.2) is 9.78 Å². The Kier molecular flexibility index (Phi) is 4.26. The van der Waals surface area contributed by atoms with E-state index in [0.717, 1.165) is 5.56 Å². The fraction of sp³-hybridized carbons (Fsp3) is 0.105. The van der Waals surface area contributed by atoms with Crippen LogP contribution in [0.5, 0.6) is 0 Å². The number of hydrogen-bond donors (Lipinski definition) is 1. The summed E-state index contributed by atoms with van der Waals surface area (Å²) in [4.78, 5) is 19.7. The van der Waals surface area contributed by atoms with Gasteiger partial charge in [-0.05, 0) is 29.8 Å². The zero-order chi connectivity index (χ0) is 18.1. The van der Waals surface area contributed by atoms with Crippen LogP contribution in [0.4, 0.5) is 9.18 Å². The molecule has 2 atom stereocenters. The summed E-state index contributed by atoms with van der Waals surface area (Å²) < 4.78 is 19.8. The van der Waals surface area contributed by atoms with E-state index in [1.807, 2.05) is 6.07 Å². The minimum absolute atomic E-state index is 0.247. The lowest BCUT2D eigenvalue weighted by Crippen LogP contribution is -2.21. The van der Waals surface area contributed by atoms with Gasteiger partial charge in [0, 0.05) is 40.3 Å². The average molecular weight is 370 g/mol. The number of nitrogens with zero attached hydrogens (tertiary/aromatic N) is 2. The molecule has 1 fully saturated rings. The Morgan fingerprint density at radius 3 is 2.65 bits per heavy atom. The number of benzene rings is 1. The van der Waals surface area contributed by atoms with Crippen LogP contribution in [-0.4, -0.2) is 16.1 Å². The fourth-order valence-electron chi connectivity index (χ4n) is 2.95. The van der Waals surface area contributed by atoms with Crippen molar-refractivity contribution in [2.24, 2.45) is 0 Å². The number of cyclic esters (lactones) is 1. The highest BCUT2D eigenvalue weighted by molar-refractivity contribution is 6.30. The highest BCUT2D eigenvalue weighted by Crippen LogP contribution is 2.38. The van der Waals surface area contributed by atoms with Crippen LogP contribution in [0.25, 0.3) is 11.1 Å². The molecule has 1 N–H and O–H groups in total. The van der Waals surface area contributed by atoms with Gasteiger partial charge in [-0.1, -0.05) is 29.8 Å². The van der Waals surface area contributed by atoms with E-state index in [4.69, 9.17) is 16.3 Å². The quantitative estimate of drug-likeness (QED) is 0.692. The molecule has 1 amide bonds. The summed E-state index contributed by atoms with van der Waals surface area (Å²) >= 11 is 5.91. The third kappa shape index (κ3) is 3.11. The number of hydrogen-bond acceptors (Lipinski definition) is 4. The standard InChI is InChI=1S/C19H13ClFN3O2/c20-14-5-3-11(4-6-14)17-16(24-19(25)26-17)15-8-13(10-23-18(15)21)12-2-1-7-22-9-12/h1-10,16-17H,(H,24,25)/t16-,17-/m1/s1. The maximum absolute atomic E-state index is 14.5. The Hall–Kier alpha value is -2.99. The van der Waals surface area contributed by atoms with E-state index in [2.05, 4.69) is 15.3 Å². The highest BCUT2D eigenvalue weighted by Gasteiger charge is 2.38. The van der Waals surface area contributed by atoms with Crippen LogP contribution in [-0.2, 0) is 4.74 Å². The number of nitrogens with one attached hydrogen (secondary N) is 1. The van der Waals surface area contributed by atoms with E-state index >= 15 is 0 Å². The van der Waals surface area contributed by atoms with Gasteiger partial charge >= 0.3 is 6.09 Å². The molecule has 5 nitrogen and oxygen atoms in total. The minimum atomic E-state index is -0.701. The average Bonchev–Trinajstić information content (AvgIpc) is 3.05. The first kappa shape index (κ1) is 16.5. The third-order valence-corrected chi connectivity index (χ3v) is 4.46. The molecule has 0 aliphatic carbocycles. The van der Waals surface area contributed by atoms with Gasteiger partial charge in [0.05, 0.1) is 0 Å². The number of aromatic nitrogens is 2. The topological polar surface area (TPSA) is 64.1 Å². The molecule has 0 radical (unpaired) electrons. The second-order valence-corrected chi connectivity index (χ2v) is 6.28. The van der Waals surface area contributed by atoms with Crippen LogP contribution >= 0.6 is 11.6 Å². The summed E-state index contributed by atoms with van der Waals surface area (Å²) in [6, 6.07) is 11.5. The van der Waals surface area contributed by atoms with Gasteiger partial charge in [-0.15, -0.1) is 0 Å². The molecule has 130 valence electrons. The Bertz CT molecular complexity index is 951. The van der Waals surface area contributed by atoms with Gasteiger partial charge in [0.1, 0.15) is 6.04 Å². The first-order chi connectivity index (χ1) is 12.6. The smallest absolute Gasteiger partial charge is 0.408 e. The van der Waals surface area contributed by atoms with Crippen LogP contribution in [0.1, 0.15) is 23.3 Å². The fourth-order valence-corrected chi connectivity index (χ4v) is 3.07. The predicted molar refractivity (Wildman–Crippen MR) is 94.0 cm³/mol. The number of ether oxygens (including phenoxy) is 1. The van der Waals surface area contributed by atoms with Gasteiger partial charge in [-0.2, -0.15) is 4.39 Å². The molecule has 0 bridgehead atoms. The Labute approximate surface area is 153 Å². The summed E-state index contributed by atoms with van der Waals surface area (Å²) in [6.45, 7) is 0. The van der Waals surface area contributed by atoms with Crippen LogP contribution in [0, 0.1) is 5.95 Å². The zero-order valence-corrected chi connectivity index (χ0v) is 14.2. The molecule has 1 aliphatic rings. The largest absolute Gasteiger partial charge is 0.439 e. The number of rotatable bonds is 3. The summed E-state index contributed by atoms with van der Waals surface area (Å²) in [5.41, 5.74) is 2.46. The number of carbonyl (C=O) groups is 1. The van der Waals surface area contributed by atoms with E-state index in [9.17, 15) is 9.18 Å². The van der Waals surface area contributed by atoms with Gasteiger partial charge in [0.2, 0.25) is 5.95 Å². The van der Waals surface area contributed by atoms with Crippen molar-refractivity contribution in [3.8, 4) is 11.1 Å². The first-order valence-electron chi connectivity index (χ1n) is 7.90. The van der Waals surface area contributed by atoms with Crippen LogP contribution in [0.3, 0.4) is 0 Å². The van der Waals surface area contributed by atoms with E-state index in [1.165, 1.54) is 6.20 Å². The van der Waals surface area contributed by atoms with E-state index in [0.29, 0.717) is 16.1 Å². The molecule has 4 rings (SSSR count). The van der Waals surface area contributed by atoms with Crippen molar-refractivity contribution >= 4 is 17.7 Å². The van der Waals surface area contributed by atoms with Crippen molar-refractivity contribution in [1.29, 1.82) is 0 Å². The van der Waals surface area contributed by atoms with Crippen molar-refractivity contribution < 1.29 is 13.9 Å². The monoisotopic (exact) mass is 369 g/mol. The number of carbonyl (C=O) groups excluding carboxylic acids is 1. The maximum Gasteiger partial charge on any atom is 0.408 e. The molecule has 0 spiro atoms. The molecule has 1 saturated heterocycles. The van der Waals surface area contributed by atoms with Crippen molar-refractivity contribution in [1.82, 2.24) is 15.3 Å². The number of alkyl carbamates (subject to hydrolysis) is 1. The summed E-state index contributed by atoms with van der Waals surface area (Å²) in [7, 11) is 0. The van der Waals surface area contributed by atoms with Gasteiger partial charge in [0.25, 0.3) is 0 Å². The molecule has 1 aromatic carbocycles. The lowest BCUT2D eigenvalue weighted by molar-refractivity contribution is 0.131. The third-order valence-electron chi connectivity index (χ3n) is 4.20. The molecule has 3 aromatic rings. The van der Waals surface area contributed by atoms with E-state index in [-0.39, 0.29) is 5.56 Å². The molecular formula is C19H13ClFN3O2. The molecule has 0 unspecified atom stereocenters. The lowest BCUT2D eigenvalue weighted by Gasteiger charge is -2.18. The van der Waals surface area contributed by atoms with Crippen molar-refractivity contribution in [2.75, 3.05) is 0 Å². The molecule has 3 heterocycles. The SMILES string of the molecule is O=C1N[C@H](c2cc(-c3cccnc3)cnc2F)[C@@H](c2ccc(Cl)cc2)O1. The van der Waals surface area contributed by atoms with Crippen LogP contribution < -0.4 is 5.32 Å². The number of amides is 1. The molecule has 0 saturated carbocycles. The molecule has 1 aliphatic heterocycles. The van der Waals surface area contributed by atoms with Crippen LogP contribution in [0.2, 0.25) is 5.02 Å². The second-order valence-electron chi connectivity index (χ2n) is 5.85. The van der Waals surface area contributed by atoms with Gasteiger partial charge in [0.15, 0.2) is 6.10 Å². The van der Waals surface area contributed by atoms with Crippen molar-refractivity contribution in [3.63, 3.8) is 0 Å². The van der Waals surface area contributed by atoms with Gasteiger partial charge < -0.3 is 10.1 Å². The van der Waals surface area contributed by atoms with Crippen molar-refractivity contribution in [3.05, 3.63) is 83.2 Å². The Morgan fingerprint density at radius 1 is 1.12 bits per heavy atom. The lowest BCUT2D eigenvalue weighted by atomic mass is 9.95. The Morgan fingerprint density at radius 2 is 1.92 bits per heavy atom. The Balaban J connectivity index is 1.75. The molecule has 26 heavy (non-hydrogen) atoms. The zero-order valence-electron chi connectivity index (χ0n) is 13.4. The second kappa shape index (κ2) is 6.72. The molecule has 7 heteroatoms. The minimum Gasteiger partial charge on any atom is -0.439 e. The van der Waals surface area contributed by atoms with Gasteiger partial charge in [-0.3, -0.25) is 4.98 Å². The summed E-state index contributed by atoms with van der Waals surface area (Å²) in [6.07, 6.45) is 3.47. The highest BCUT2D eigenvalue weighted by atomic mass is 35.5. The van der Waals surface area contributed by atoms with Crippen molar-refractivity contribution in [2.45, 2.75) is 12.1 Å². The molecular weight excluding hydrogens is 357 g/mol. The predicted octanol–water partition coefficient (Wildman–Crippen LogP) is 4.46.